The van der Waals surface area contributed by atoms with Crippen molar-refractivity contribution >= 4 is 12.0 Å². The number of halogens is 6. The largest absolute Gasteiger partial charge is 0.417 e. The van der Waals surface area contributed by atoms with E-state index in [1.54, 1.807) is 0 Å². The molecule has 0 unspecified atom stereocenters. The summed E-state index contributed by atoms with van der Waals surface area (Å²) in [5, 5.41) is 8.64. The van der Waals surface area contributed by atoms with Gasteiger partial charge in [0.05, 0.1) is 30.9 Å². The fourth-order valence-electron chi connectivity index (χ4n) is 3.08. The average Bonchev–Trinajstić information content (AvgIpc) is 2.68. The minimum Gasteiger partial charge on any atom is -0.394 e. The van der Waals surface area contributed by atoms with Crippen LogP contribution in [0.4, 0.5) is 26.3 Å². The molecule has 1 aromatic carbocycles. The Morgan fingerprint density at radius 3 is 2.27 bits per heavy atom. The van der Waals surface area contributed by atoms with Gasteiger partial charge in [-0.15, -0.1) is 0 Å². The molecule has 0 aliphatic carbocycles. The highest BCUT2D eigenvalue weighted by Gasteiger charge is 2.44. The minimum absolute atomic E-state index is 0.0729. The van der Waals surface area contributed by atoms with Crippen LogP contribution in [0.2, 0.25) is 0 Å². The third kappa shape index (κ3) is 6.71. The number of alkyl halides is 6. The number of aliphatic hydroxyl groups excluding tert-OH is 1. The van der Waals surface area contributed by atoms with Gasteiger partial charge >= 0.3 is 12.4 Å². The van der Waals surface area contributed by atoms with Gasteiger partial charge in [-0.3, -0.25) is 9.69 Å². The van der Waals surface area contributed by atoms with E-state index < -0.39 is 35.0 Å². The summed E-state index contributed by atoms with van der Waals surface area (Å²) in [4.78, 5) is 15.7. The predicted molar refractivity (Wildman–Crippen MR) is 96.4 cm³/mol. The summed E-state index contributed by atoms with van der Waals surface area (Å²) in [5.41, 5.74) is -4.32. The van der Waals surface area contributed by atoms with Crippen molar-refractivity contribution in [2.45, 2.75) is 12.4 Å². The Morgan fingerprint density at radius 1 is 1.03 bits per heavy atom. The Hall–Kier alpha value is -2.11. The molecule has 1 aromatic rings. The summed E-state index contributed by atoms with van der Waals surface area (Å²) in [7, 11) is 0. The van der Waals surface area contributed by atoms with Crippen LogP contribution in [-0.2, 0) is 21.9 Å². The maximum absolute atomic E-state index is 13.3. The Kier molecular flexibility index (Phi) is 8.27. The Balaban J connectivity index is 2.04. The zero-order valence-electron chi connectivity index (χ0n) is 16.0. The number of benzene rings is 1. The normalized spacial score (nSPS) is 16.4. The van der Waals surface area contributed by atoms with Gasteiger partial charge in [-0.2, -0.15) is 26.3 Å². The lowest BCUT2D eigenvalue weighted by atomic mass is 9.99. The number of hydrogen-bond acceptors (Lipinski definition) is 4. The molecule has 11 heteroatoms. The molecular formula is C19H22F6N2O3. The highest BCUT2D eigenvalue weighted by atomic mass is 19.4. The van der Waals surface area contributed by atoms with Crippen LogP contribution in [0.5, 0.6) is 0 Å². The summed E-state index contributed by atoms with van der Waals surface area (Å²) in [6, 6.07) is 2.14. The maximum atomic E-state index is 13.3. The Morgan fingerprint density at radius 2 is 1.70 bits per heavy atom. The lowest BCUT2D eigenvalue weighted by Crippen LogP contribution is -2.49. The SMILES string of the molecule is O=C(C=Cc1cccc(C(F)(F)F)c1C(F)(F)F)N1CCN(CCOCCO)CC1. The second-order valence-corrected chi connectivity index (χ2v) is 6.60. The van der Waals surface area contributed by atoms with Gasteiger partial charge in [-0.25, -0.2) is 0 Å². The van der Waals surface area contributed by atoms with Crippen LogP contribution in [0, 0.1) is 0 Å². The second-order valence-electron chi connectivity index (χ2n) is 6.60. The van der Waals surface area contributed by atoms with Crippen molar-refractivity contribution in [2.24, 2.45) is 0 Å². The van der Waals surface area contributed by atoms with Crippen molar-refractivity contribution < 1.29 is 41.0 Å². The first-order chi connectivity index (χ1) is 14.0. The first-order valence-corrected chi connectivity index (χ1v) is 9.19. The molecule has 1 saturated heterocycles. The number of carbonyl (C=O) groups excluding carboxylic acids is 1. The third-order valence-corrected chi connectivity index (χ3v) is 4.56. The van der Waals surface area contributed by atoms with Gasteiger partial charge in [0.2, 0.25) is 5.91 Å². The summed E-state index contributed by atoms with van der Waals surface area (Å²) in [6.45, 7) is 2.91. The number of nitrogens with zero attached hydrogens (tertiary/aromatic N) is 2. The van der Waals surface area contributed by atoms with Crippen molar-refractivity contribution in [3.8, 4) is 0 Å². The van der Waals surface area contributed by atoms with Crippen LogP contribution in [0.1, 0.15) is 16.7 Å². The molecule has 0 spiro atoms. The van der Waals surface area contributed by atoms with Crippen LogP contribution < -0.4 is 0 Å². The maximum Gasteiger partial charge on any atom is 0.417 e. The van der Waals surface area contributed by atoms with Crippen LogP contribution >= 0.6 is 0 Å². The molecule has 0 radical (unpaired) electrons. The number of ether oxygens (including phenoxy) is 1. The van der Waals surface area contributed by atoms with Crippen molar-refractivity contribution in [3.05, 3.63) is 41.0 Å². The molecule has 1 N–H and O–H groups in total. The fraction of sp³-hybridized carbons (Fsp3) is 0.526. The Bertz CT molecular complexity index is 741. The van der Waals surface area contributed by atoms with Gasteiger partial charge in [0.1, 0.15) is 0 Å². The number of piperazine rings is 1. The lowest BCUT2D eigenvalue weighted by Gasteiger charge is -2.34. The van der Waals surface area contributed by atoms with E-state index in [4.69, 9.17) is 9.84 Å². The van der Waals surface area contributed by atoms with Crippen molar-refractivity contribution in [3.63, 3.8) is 0 Å². The van der Waals surface area contributed by atoms with Gasteiger partial charge < -0.3 is 14.7 Å². The van der Waals surface area contributed by atoms with Gasteiger partial charge in [0.25, 0.3) is 0 Å². The molecule has 1 amide bonds. The van der Waals surface area contributed by atoms with Crippen molar-refractivity contribution in [2.75, 3.05) is 52.5 Å². The topological polar surface area (TPSA) is 53.0 Å². The van der Waals surface area contributed by atoms with E-state index in [0.29, 0.717) is 45.4 Å². The average molecular weight is 440 g/mol. The van der Waals surface area contributed by atoms with Gasteiger partial charge in [0.15, 0.2) is 0 Å². The van der Waals surface area contributed by atoms with Crippen LogP contribution in [0.25, 0.3) is 6.08 Å². The number of amides is 1. The van der Waals surface area contributed by atoms with E-state index in [0.717, 1.165) is 24.3 Å². The second kappa shape index (κ2) is 10.3. The first kappa shape index (κ1) is 24.2. The first-order valence-electron chi connectivity index (χ1n) is 9.19. The number of carbonyl (C=O) groups is 1. The van der Waals surface area contributed by atoms with E-state index in [9.17, 15) is 31.1 Å². The summed E-state index contributed by atoms with van der Waals surface area (Å²) in [6.07, 6.45) is -8.76. The van der Waals surface area contributed by atoms with Gasteiger partial charge in [-0.1, -0.05) is 12.1 Å². The quantitative estimate of drug-likeness (QED) is 0.403. The monoisotopic (exact) mass is 440 g/mol. The highest BCUT2D eigenvalue weighted by molar-refractivity contribution is 5.92. The molecule has 30 heavy (non-hydrogen) atoms. The molecule has 0 bridgehead atoms. The smallest absolute Gasteiger partial charge is 0.394 e. The van der Waals surface area contributed by atoms with E-state index in [-0.39, 0.29) is 13.2 Å². The van der Waals surface area contributed by atoms with Crippen molar-refractivity contribution in [1.82, 2.24) is 9.80 Å². The zero-order valence-corrected chi connectivity index (χ0v) is 16.0. The molecule has 168 valence electrons. The summed E-state index contributed by atoms with van der Waals surface area (Å²) < 4.78 is 83.9. The molecule has 1 aliphatic heterocycles. The van der Waals surface area contributed by atoms with E-state index >= 15 is 0 Å². The van der Waals surface area contributed by atoms with E-state index in [1.165, 1.54) is 4.90 Å². The van der Waals surface area contributed by atoms with Crippen LogP contribution in [0.15, 0.2) is 24.3 Å². The number of hydrogen-bond donors (Lipinski definition) is 1. The third-order valence-electron chi connectivity index (χ3n) is 4.56. The van der Waals surface area contributed by atoms with E-state index in [1.807, 2.05) is 4.90 Å². The van der Waals surface area contributed by atoms with Crippen LogP contribution in [-0.4, -0.2) is 73.4 Å². The van der Waals surface area contributed by atoms with Gasteiger partial charge in [-0.05, 0) is 17.7 Å². The number of aliphatic hydroxyl groups is 1. The standard InChI is InChI=1S/C19H22F6N2O3/c20-18(21,22)15-3-1-2-14(17(15)19(23,24)25)4-5-16(29)27-8-6-26(7-9-27)10-12-30-13-11-28/h1-5,28H,6-13H2. The van der Waals surface area contributed by atoms with Crippen molar-refractivity contribution in [1.29, 1.82) is 0 Å². The highest BCUT2D eigenvalue weighted by Crippen LogP contribution is 2.42. The molecule has 1 fully saturated rings. The molecule has 0 saturated carbocycles. The molecule has 5 nitrogen and oxygen atoms in total. The fourth-order valence-corrected chi connectivity index (χ4v) is 3.08. The summed E-state index contributed by atoms with van der Waals surface area (Å²) >= 11 is 0. The predicted octanol–water partition coefficient (Wildman–Crippen LogP) is 2.89. The molecule has 0 atom stereocenters. The zero-order chi connectivity index (χ0) is 22.4. The van der Waals surface area contributed by atoms with Crippen LogP contribution in [0.3, 0.4) is 0 Å². The molecule has 2 rings (SSSR count). The summed E-state index contributed by atoms with van der Waals surface area (Å²) in [5.74, 6) is -0.572. The lowest BCUT2D eigenvalue weighted by molar-refractivity contribution is -0.162. The molecule has 1 heterocycles. The number of rotatable bonds is 7. The Labute approximate surface area is 169 Å². The minimum atomic E-state index is -5.22. The molecular weight excluding hydrogens is 418 g/mol. The molecule has 1 aliphatic rings. The van der Waals surface area contributed by atoms with Gasteiger partial charge in [0, 0.05) is 38.8 Å². The van der Waals surface area contributed by atoms with E-state index in [2.05, 4.69) is 0 Å². The molecule has 0 aromatic heterocycles.